The molecule has 0 aliphatic carbocycles. The van der Waals surface area contributed by atoms with Crippen LogP contribution in [0.5, 0.6) is 0 Å². The molecule has 4 heteroatoms. The number of hydrogen-bond acceptors (Lipinski definition) is 3. The van der Waals surface area contributed by atoms with Gasteiger partial charge >= 0.3 is 0 Å². The molecule has 0 saturated carbocycles. The molecule has 0 aromatic heterocycles. The van der Waals surface area contributed by atoms with Crippen LogP contribution in [0.2, 0.25) is 0 Å². The maximum absolute atomic E-state index is 13.2. The Bertz CT molecular complexity index is 488. The highest BCUT2D eigenvalue weighted by molar-refractivity contribution is 5.16. The largest absolute Gasteiger partial charge is 0.343 e. The Balaban J connectivity index is 2.35. The number of ether oxygens (including phenoxy) is 2. The lowest BCUT2D eigenvalue weighted by molar-refractivity contribution is -0.369. The second-order valence-corrected chi connectivity index (χ2v) is 7.52. The SMILES string of the molecule is CCCCCCCCC(CCCCCc1cccc(F)c1)C(O)(OC)OC. The topological polar surface area (TPSA) is 38.7 Å². The maximum atomic E-state index is 13.2. The zero-order valence-electron chi connectivity index (χ0n) is 17.5. The van der Waals surface area contributed by atoms with Crippen LogP contribution in [-0.2, 0) is 15.9 Å². The van der Waals surface area contributed by atoms with E-state index in [1.807, 2.05) is 6.07 Å². The van der Waals surface area contributed by atoms with Gasteiger partial charge in [0.1, 0.15) is 5.82 Å². The summed E-state index contributed by atoms with van der Waals surface area (Å²) in [6.07, 6.45) is 13.1. The number of unbranched alkanes of at least 4 members (excludes halogenated alkanes) is 7. The Hall–Kier alpha value is -0.970. The molecule has 0 heterocycles. The van der Waals surface area contributed by atoms with Gasteiger partial charge in [-0.1, -0.05) is 70.4 Å². The van der Waals surface area contributed by atoms with E-state index >= 15 is 0 Å². The van der Waals surface area contributed by atoms with Crippen molar-refractivity contribution >= 4 is 0 Å². The van der Waals surface area contributed by atoms with Gasteiger partial charge in [0.05, 0.1) is 0 Å². The lowest BCUT2D eigenvalue weighted by atomic mass is 9.91. The molecular formula is C23H39FO3. The predicted octanol–water partition coefficient (Wildman–Crippen LogP) is 6.23. The third-order valence-electron chi connectivity index (χ3n) is 5.41. The summed E-state index contributed by atoms with van der Waals surface area (Å²) in [4.78, 5) is 0. The minimum atomic E-state index is -1.49. The van der Waals surface area contributed by atoms with Gasteiger partial charge in [0.25, 0.3) is 5.97 Å². The lowest BCUT2D eigenvalue weighted by Gasteiger charge is -2.33. The molecule has 156 valence electrons. The number of aryl methyl sites for hydroxylation is 1. The number of methoxy groups -OCH3 is 2. The molecule has 0 aliphatic rings. The average molecular weight is 383 g/mol. The first-order valence-electron chi connectivity index (χ1n) is 10.6. The zero-order valence-corrected chi connectivity index (χ0v) is 17.5. The molecule has 1 aromatic carbocycles. The van der Waals surface area contributed by atoms with Crippen LogP contribution in [0.3, 0.4) is 0 Å². The van der Waals surface area contributed by atoms with E-state index in [9.17, 15) is 9.50 Å². The maximum Gasteiger partial charge on any atom is 0.282 e. The monoisotopic (exact) mass is 382 g/mol. The van der Waals surface area contributed by atoms with Crippen LogP contribution in [0.4, 0.5) is 4.39 Å². The summed E-state index contributed by atoms with van der Waals surface area (Å²) in [5.74, 6) is -1.68. The van der Waals surface area contributed by atoms with E-state index < -0.39 is 5.97 Å². The highest BCUT2D eigenvalue weighted by atomic mass is 19.1. The molecule has 1 unspecified atom stereocenters. The molecule has 3 nitrogen and oxygen atoms in total. The van der Waals surface area contributed by atoms with Crippen LogP contribution in [0, 0.1) is 11.7 Å². The summed E-state index contributed by atoms with van der Waals surface area (Å²) in [5.41, 5.74) is 1.05. The molecule has 0 saturated heterocycles. The summed E-state index contributed by atoms with van der Waals surface area (Å²) in [6.45, 7) is 2.22. The highest BCUT2D eigenvalue weighted by Crippen LogP contribution is 2.30. The van der Waals surface area contributed by atoms with Crippen molar-refractivity contribution < 1.29 is 19.0 Å². The van der Waals surface area contributed by atoms with Gasteiger partial charge in [0.15, 0.2) is 0 Å². The van der Waals surface area contributed by atoms with E-state index in [1.54, 1.807) is 12.1 Å². The van der Waals surface area contributed by atoms with Crippen molar-refractivity contribution in [2.45, 2.75) is 89.9 Å². The number of benzene rings is 1. The van der Waals surface area contributed by atoms with Gasteiger partial charge < -0.3 is 14.6 Å². The van der Waals surface area contributed by atoms with Gasteiger partial charge in [-0.2, -0.15) is 0 Å². The molecule has 1 N–H and O–H groups in total. The van der Waals surface area contributed by atoms with Gasteiger partial charge in [-0.05, 0) is 43.4 Å². The molecule has 0 amide bonds. The van der Waals surface area contributed by atoms with Crippen LogP contribution >= 0.6 is 0 Å². The fourth-order valence-electron chi connectivity index (χ4n) is 3.69. The van der Waals surface area contributed by atoms with E-state index in [-0.39, 0.29) is 11.7 Å². The van der Waals surface area contributed by atoms with Gasteiger partial charge in [-0.25, -0.2) is 4.39 Å². The van der Waals surface area contributed by atoms with Gasteiger partial charge in [-0.15, -0.1) is 0 Å². The number of aliphatic hydroxyl groups is 1. The summed E-state index contributed by atoms with van der Waals surface area (Å²) in [6, 6.07) is 6.82. The first kappa shape index (κ1) is 24.1. The molecule has 1 atom stereocenters. The zero-order chi connectivity index (χ0) is 20.0. The summed E-state index contributed by atoms with van der Waals surface area (Å²) < 4.78 is 23.8. The van der Waals surface area contributed by atoms with Crippen molar-refractivity contribution in [2.75, 3.05) is 14.2 Å². The summed E-state index contributed by atoms with van der Waals surface area (Å²) >= 11 is 0. The Morgan fingerprint density at radius 2 is 1.52 bits per heavy atom. The second-order valence-electron chi connectivity index (χ2n) is 7.52. The van der Waals surface area contributed by atoms with Crippen molar-refractivity contribution in [2.24, 2.45) is 5.92 Å². The quantitative estimate of drug-likeness (QED) is 0.272. The first-order chi connectivity index (χ1) is 13.1. The molecule has 0 bridgehead atoms. The highest BCUT2D eigenvalue weighted by Gasteiger charge is 2.36. The minimum Gasteiger partial charge on any atom is -0.343 e. The lowest BCUT2D eigenvalue weighted by Crippen LogP contribution is -2.42. The van der Waals surface area contributed by atoms with Crippen molar-refractivity contribution in [1.82, 2.24) is 0 Å². The first-order valence-corrected chi connectivity index (χ1v) is 10.6. The Morgan fingerprint density at radius 1 is 0.926 bits per heavy atom. The molecule has 0 fully saturated rings. The number of rotatable bonds is 16. The van der Waals surface area contributed by atoms with Crippen LogP contribution < -0.4 is 0 Å². The van der Waals surface area contributed by atoms with Crippen LogP contribution in [0.25, 0.3) is 0 Å². The normalized spacial score (nSPS) is 13.1. The minimum absolute atomic E-state index is 0.0205. The van der Waals surface area contributed by atoms with Crippen molar-refractivity contribution in [3.8, 4) is 0 Å². The Kier molecular flexibility index (Phi) is 12.6. The number of hydrogen-bond donors (Lipinski definition) is 1. The van der Waals surface area contributed by atoms with E-state index in [2.05, 4.69) is 6.92 Å². The summed E-state index contributed by atoms with van der Waals surface area (Å²) in [7, 11) is 3.00. The smallest absolute Gasteiger partial charge is 0.282 e. The summed E-state index contributed by atoms with van der Waals surface area (Å²) in [5, 5.41) is 10.6. The van der Waals surface area contributed by atoms with E-state index in [4.69, 9.17) is 9.47 Å². The van der Waals surface area contributed by atoms with Crippen molar-refractivity contribution in [3.63, 3.8) is 0 Å². The molecule has 1 rings (SSSR count). The van der Waals surface area contributed by atoms with Crippen molar-refractivity contribution in [1.29, 1.82) is 0 Å². The fourth-order valence-corrected chi connectivity index (χ4v) is 3.69. The standard InChI is InChI=1S/C23H39FO3/c1-4-5-6-7-8-11-16-21(23(25,26-2)27-3)17-12-9-10-14-20-15-13-18-22(24)19-20/h13,15,18-19,21,25H,4-12,14,16-17H2,1-3H3. The molecule has 0 spiro atoms. The van der Waals surface area contributed by atoms with Crippen LogP contribution in [0.15, 0.2) is 24.3 Å². The average Bonchev–Trinajstić information content (AvgIpc) is 2.68. The number of halogens is 1. The van der Waals surface area contributed by atoms with Gasteiger partial charge in [0, 0.05) is 20.1 Å². The molecule has 27 heavy (non-hydrogen) atoms. The molecule has 1 aromatic rings. The van der Waals surface area contributed by atoms with E-state index in [0.717, 1.165) is 50.5 Å². The molecule has 0 aliphatic heterocycles. The van der Waals surface area contributed by atoms with Gasteiger partial charge in [0.2, 0.25) is 0 Å². The molecule has 0 radical (unpaired) electrons. The Labute approximate surface area is 165 Å². The third-order valence-corrected chi connectivity index (χ3v) is 5.41. The van der Waals surface area contributed by atoms with Gasteiger partial charge in [-0.3, -0.25) is 0 Å². The van der Waals surface area contributed by atoms with Crippen LogP contribution in [-0.4, -0.2) is 25.3 Å². The second kappa shape index (κ2) is 14.1. The molecular weight excluding hydrogens is 343 g/mol. The van der Waals surface area contributed by atoms with E-state index in [0.29, 0.717) is 0 Å². The predicted molar refractivity (Wildman–Crippen MR) is 109 cm³/mol. The Morgan fingerprint density at radius 3 is 2.11 bits per heavy atom. The van der Waals surface area contributed by atoms with Crippen LogP contribution in [0.1, 0.15) is 83.1 Å². The third kappa shape index (κ3) is 9.68. The van der Waals surface area contributed by atoms with Crippen molar-refractivity contribution in [3.05, 3.63) is 35.6 Å². The van der Waals surface area contributed by atoms with E-state index in [1.165, 1.54) is 52.4 Å². The fraction of sp³-hybridized carbons (Fsp3) is 0.739.